The summed E-state index contributed by atoms with van der Waals surface area (Å²) in [4.78, 5) is 25.4. The molecule has 0 aromatic heterocycles. The second kappa shape index (κ2) is 6.02. The maximum absolute atomic E-state index is 12.3. The molecule has 112 valence electrons. The first-order valence-electron chi connectivity index (χ1n) is 7.27. The molecule has 0 atom stereocenters. The van der Waals surface area contributed by atoms with Gasteiger partial charge >= 0.3 is 0 Å². The average Bonchev–Trinajstić information content (AvgIpc) is 2.97. The normalized spacial score (nSPS) is 12.9. The number of ketones is 1. The highest BCUT2D eigenvalue weighted by Crippen LogP contribution is 2.27. The Kier molecular flexibility index (Phi) is 3.92. The number of para-hydroxylation sites is 1. The Labute approximate surface area is 129 Å². The van der Waals surface area contributed by atoms with Gasteiger partial charge in [-0.1, -0.05) is 30.3 Å². The van der Waals surface area contributed by atoms with Gasteiger partial charge in [-0.2, -0.15) is 0 Å². The minimum absolute atomic E-state index is 0.0229. The molecule has 2 aromatic carbocycles. The molecule has 0 bridgehead atoms. The van der Waals surface area contributed by atoms with Crippen LogP contribution >= 0.6 is 0 Å². The minimum atomic E-state index is -0.0711. The molecular weight excluding hydrogens is 278 g/mol. The van der Waals surface area contributed by atoms with E-state index in [0.717, 1.165) is 12.1 Å². The summed E-state index contributed by atoms with van der Waals surface area (Å²) in [5.74, 6) is 0.442. The number of anilines is 1. The van der Waals surface area contributed by atoms with E-state index in [2.05, 4.69) is 0 Å². The number of hydrogen-bond acceptors (Lipinski definition) is 3. The summed E-state index contributed by atoms with van der Waals surface area (Å²) in [5, 5.41) is 0. The first-order valence-corrected chi connectivity index (χ1v) is 7.27. The maximum Gasteiger partial charge on any atom is 0.264 e. The van der Waals surface area contributed by atoms with Crippen LogP contribution < -0.4 is 9.64 Å². The molecule has 2 aromatic rings. The number of rotatable bonds is 4. The molecule has 3 rings (SSSR count). The van der Waals surface area contributed by atoms with Gasteiger partial charge in [0.25, 0.3) is 5.91 Å². The topological polar surface area (TPSA) is 46.6 Å². The number of carbonyl (C=O) groups is 2. The van der Waals surface area contributed by atoms with Gasteiger partial charge in [-0.25, -0.2) is 0 Å². The fourth-order valence-corrected chi connectivity index (χ4v) is 2.63. The highest BCUT2D eigenvalue weighted by Gasteiger charge is 2.24. The summed E-state index contributed by atoms with van der Waals surface area (Å²) in [5.41, 5.74) is 2.74. The third-order valence-corrected chi connectivity index (χ3v) is 3.79. The Bertz CT molecular complexity index is 724. The van der Waals surface area contributed by atoms with E-state index in [0.29, 0.717) is 17.9 Å². The predicted octanol–water partition coefficient (Wildman–Crippen LogP) is 2.86. The zero-order valence-electron chi connectivity index (χ0n) is 12.4. The van der Waals surface area contributed by atoms with Gasteiger partial charge in [-0.05, 0) is 37.1 Å². The predicted molar refractivity (Wildman–Crippen MR) is 84.4 cm³/mol. The zero-order chi connectivity index (χ0) is 15.5. The SMILES string of the molecule is CC(=O)c1cccc(OCC(=O)N2CCc3ccccc32)c1. The Morgan fingerprint density at radius 2 is 1.95 bits per heavy atom. The number of Topliss-reactive ketones (excluding diaryl/α,β-unsaturated/α-hetero) is 1. The van der Waals surface area contributed by atoms with Gasteiger partial charge < -0.3 is 9.64 Å². The van der Waals surface area contributed by atoms with E-state index in [-0.39, 0.29) is 18.3 Å². The third kappa shape index (κ3) is 2.86. The number of carbonyl (C=O) groups excluding carboxylic acids is 2. The number of nitrogens with zero attached hydrogens (tertiary/aromatic N) is 1. The molecule has 0 spiro atoms. The molecular formula is C18H17NO3. The van der Waals surface area contributed by atoms with E-state index < -0.39 is 0 Å². The molecule has 0 N–H and O–H groups in total. The molecule has 1 heterocycles. The van der Waals surface area contributed by atoms with E-state index in [1.165, 1.54) is 12.5 Å². The van der Waals surface area contributed by atoms with Crippen LogP contribution in [0.4, 0.5) is 5.69 Å². The van der Waals surface area contributed by atoms with Gasteiger partial charge in [0.1, 0.15) is 5.75 Å². The molecule has 4 nitrogen and oxygen atoms in total. The van der Waals surface area contributed by atoms with Crippen molar-refractivity contribution < 1.29 is 14.3 Å². The Hall–Kier alpha value is -2.62. The van der Waals surface area contributed by atoms with Crippen molar-refractivity contribution in [1.29, 1.82) is 0 Å². The minimum Gasteiger partial charge on any atom is -0.484 e. The van der Waals surface area contributed by atoms with E-state index in [4.69, 9.17) is 4.74 Å². The highest BCUT2D eigenvalue weighted by atomic mass is 16.5. The lowest BCUT2D eigenvalue weighted by molar-refractivity contribution is -0.120. The number of fused-ring (bicyclic) bond motifs is 1. The summed E-state index contributed by atoms with van der Waals surface area (Å²) < 4.78 is 5.54. The molecule has 1 amide bonds. The van der Waals surface area contributed by atoms with Crippen LogP contribution in [-0.4, -0.2) is 24.8 Å². The fourth-order valence-electron chi connectivity index (χ4n) is 2.63. The van der Waals surface area contributed by atoms with Crippen LogP contribution in [0, 0.1) is 0 Å². The van der Waals surface area contributed by atoms with Crippen molar-refractivity contribution in [1.82, 2.24) is 0 Å². The van der Waals surface area contributed by atoms with Crippen LogP contribution in [0.25, 0.3) is 0 Å². The molecule has 0 radical (unpaired) electrons. The first kappa shape index (κ1) is 14.3. The Balaban J connectivity index is 1.66. The molecule has 1 aliphatic rings. The smallest absolute Gasteiger partial charge is 0.264 e. The summed E-state index contributed by atoms with van der Waals surface area (Å²) in [6.07, 6.45) is 0.877. The average molecular weight is 295 g/mol. The lowest BCUT2D eigenvalue weighted by Crippen LogP contribution is -2.33. The summed E-state index contributed by atoms with van der Waals surface area (Å²) in [7, 11) is 0. The summed E-state index contributed by atoms with van der Waals surface area (Å²) in [6, 6.07) is 14.8. The molecule has 1 aliphatic heterocycles. The molecule has 0 fully saturated rings. The molecule has 4 heteroatoms. The molecule has 0 unspecified atom stereocenters. The van der Waals surface area contributed by atoms with E-state index in [9.17, 15) is 9.59 Å². The van der Waals surface area contributed by atoms with Gasteiger partial charge in [0.05, 0.1) is 0 Å². The van der Waals surface area contributed by atoms with Crippen LogP contribution in [0.1, 0.15) is 22.8 Å². The lowest BCUT2D eigenvalue weighted by Gasteiger charge is -2.17. The monoisotopic (exact) mass is 295 g/mol. The molecule has 22 heavy (non-hydrogen) atoms. The molecule has 0 saturated heterocycles. The zero-order valence-corrected chi connectivity index (χ0v) is 12.4. The first-order chi connectivity index (χ1) is 10.6. The van der Waals surface area contributed by atoms with Crippen LogP contribution in [0.3, 0.4) is 0 Å². The maximum atomic E-state index is 12.3. The van der Waals surface area contributed by atoms with Gasteiger partial charge in [0.15, 0.2) is 12.4 Å². The van der Waals surface area contributed by atoms with Crippen LogP contribution in [-0.2, 0) is 11.2 Å². The van der Waals surface area contributed by atoms with Crippen LogP contribution in [0.15, 0.2) is 48.5 Å². The van der Waals surface area contributed by atoms with Crippen LogP contribution in [0.2, 0.25) is 0 Å². The lowest BCUT2D eigenvalue weighted by atomic mass is 10.1. The standard InChI is InChI=1S/C18H17NO3/c1-13(20)15-6-4-7-16(11-15)22-12-18(21)19-10-9-14-5-2-3-8-17(14)19/h2-8,11H,9-10,12H2,1H3. The van der Waals surface area contributed by atoms with Crippen molar-refractivity contribution in [3.63, 3.8) is 0 Å². The summed E-state index contributed by atoms with van der Waals surface area (Å²) in [6.45, 7) is 2.16. The Morgan fingerprint density at radius 3 is 2.77 bits per heavy atom. The van der Waals surface area contributed by atoms with Gasteiger partial charge in [0.2, 0.25) is 0 Å². The Morgan fingerprint density at radius 1 is 1.14 bits per heavy atom. The molecule has 0 aliphatic carbocycles. The van der Waals surface area contributed by atoms with Gasteiger partial charge in [-0.3, -0.25) is 9.59 Å². The van der Waals surface area contributed by atoms with Crippen molar-refractivity contribution in [3.05, 3.63) is 59.7 Å². The van der Waals surface area contributed by atoms with Gasteiger partial charge in [-0.15, -0.1) is 0 Å². The second-order valence-electron chi connectivity index (χ2n) is 5.30. The number of hydrogen-bond donors (Lipinski definition) is 0. The summed E-state index contributed by atoms with van der Waals surface area (Å²) >= 11 is 0. The second-order valence-corrected chi connectivity index (χ2v) is 5.30. The quantitative estimate of drug-likeness (QED) is 0.815. The van der Waals surface area contributed by atoms with Crippen molar-refractivity contribution in [2.45, 2.75) is 13.3 Å². The van der Waals surface area contributed by atoms with Crippen molar-refractivity contribution in [2.75, 3.05) is 18.1 Å². The van der Waals surface area contributed by atoms with Crippen molar-refractivity contribution in [2.24, 2.45) is 0 Å². The number of ether oxygens (including phenoxy) is 1. The number of benzene rings is 2. The van der Waals surface area contributed by atoms with E-state index in [1.807, 2.05) is 24.3 Å². The van der Waals surface area contributed by atoms with Crippen molar-refractivity contribution in [3.8, 4) is 5.75 Å². The van der Waals surface area contributed by atoms with Crippen LogP contribution in [0.5, 0.6) is 5.75 Å². The largest absolute Gasteiger partial charge is 0.484 e. The number of amides is 1. The van der Waals surface area contributed by atoms with E-state index in [1.54, 1.807) is 29.2 Å². The fraction of sp³-hybridized carbons (Fsp3) is 0.222. The molecule has 0 saturated carbocycles. The van der Waals surface area contributed by atoms with Crippen molar-refractivity contribution >= 4 is 17.4 Å². The van der Waals surface area contributed by atoms with E-state index >= 15 is 0 Å². The van der Waals surface area contributed by atoms with Gasteiger partial charge in [0, 0.05) is 17.8 Å². The third-order valence-electron chi connectivity index (χ3n) is 3.79. The highest BCUT2D eigenvalue weighted by molar-refractivity contribution is 5.96.